The van der Waals surface area contributed by atoms with Crippen LogP contribution < -0.4 is 10.6 Å². The first-order valence-corrected chi connectivity index (χ1v) is 8.90. The van der Waals surface area contributed by atoms with E-state index in [9.17, 15) is 0 Å². The summed E-state index contributed by atoms with van der Waals surface area (Å²) in [5, 5.41) is 6.78. The average Bonchev–Trinajstić information content (AvgIpc) is 2.59. The first-order valence-electron chi connectivity index (χ1n) is 8.90. The van der Waals surface area contributed by atoms with Gasteiger partial charge in [0, 0.05) is 53.5 Å². The standard InChI is InChI=1S/C19H35N5O/c1-20-19(21-11-13-24(4)12-8-14-25-5)22-15-17-9-6-7-10-18(17)16-23(2)3/h6-7,9-10H,8,11-16H2,1-5H3,(H2,20,21,22). The Morgan fingerprint density at radius 1 is 1.08 bits per heavy atom. The van der Waals surface area contributed by atoms with E-state index in [4.69, 9.17) is 4.74 Å². The van der Waals surface area contributed by atoms with Crippen molar-refractivity contribution < 1.29 is 4.74 Å². The maximum atomic E-state index is 5.09. The zero-order valence-electron chi connectivity index (χ0n) is 16.5. The molecule has 0 saturated heterocycles. The summed E-state index contributed by atoms with van der Waals surface area (Å²) in [7, 11) is 9.87. The second-order valence-electron chi connectivity index (χ2n) is 6.51. The van der Waals surface area contributed by atoms with Gasteiger partial charge in [-0.3, -0.25) is 4.99 Å². The van der Waals surface area contributed by atoms with Gasteiger partial charge < -0.3 is 25.2 Å². The van der Waals surface area contributed by atoms with E-state index in [1.165, 1.54) is 11.1 Å². The third-order valence-corrected chi connectivity index (χ3v) is 3.95. The minimum Gasteiger partial charge on any atom is -0.385 e. The van der Waals surface area contributed by atoms with E-state index in [2.05, 4.69) is 70.8 Å². The normalized spacial score (nSPS) is 12.0. The lowest BCUT2D eigenvalue weighted by Gasteiger charge is -2.19. The number of nitrogens with zero attached hydrogens (tertiary/aromatic N) is 3. The second-order valence-corrected chi connectivity index (χ2v) is 6.51. The van der Waals surface area contributed by atoms with E-state index in [0.29, 0.717) is 0 Å². The van der Waals surface area contributed by atoms with Crippen molar-refractivity contribution in [1.29, 1.82) is 0 Å². The number of methoxy groups -OCH3 is 1. The molecule has 0 amide bonds. The third kappa shape index (κ3) is 9.43. The van der Waals surface area contributed by atoms with E-state index in [-0.39, 0.29) is 0 Å². The topological polar surface area (TPSA) is 52.1 Å². The molecule has 0 aliphatic carbocycles. The van der Waals surface area contributed by atoms with E-state index >= 15 is 0 Å². The third-order valence-electron chi connectivity index (χ3n) is 3.95. The molecule has 0 unspecified atom stereocenters. The molecule has 0 aliphatic heterocycles. The van der Waals surface area contributed by atoms with Gasteiger partial charge in [0.05, 0.1) is 0 Å². The zero-order chi connectivity index (χ0) is 18.5. The van der Waals surface area contributed by atoms with Gasteiger partial charge in [-0.05, 0) is 38.7 Å². The molecular weight excluding hydrogens is 314 g/mol. The van der Waals surface area contributed by atoms with Crippen LogP contribution in [-0.4, -0.2) is 77.3 Å². The summed E-state index contributed by atoms with van der Waals surface area (Å²) in [6, 6.07) is 8.53. The molecule has 0 spiro atoms. The fourth-order valence-electron chi connectivity index (χ4n) is 2.58. The Hall–Kier alpha value is -1.63. The van der Waals surface area contributed by atoms with Crippen molar-refractivity contribution in [3.05, 3.63) is 35.4 Å². The van der Waals surface area contributed by atoms with Crippen LogP contribution in [0.1, 0.15) is 17.5 Å². The first kappa shape index (κ1) is 21.4. The fourth-order valence-corrected chi connectivity index (χ4v) is 2.58. The van der Waals surface area contributed by atoms with E-state index in [0.717, 1.165) is 51.7 Å². The molecule has 25 heavy (non-hydrogen) atoms. The molecule has 2 N–H and O–H groups in total. The minimum atomic E-state index is 0.771. The molecule has 142 valence electrons. The molecule has 1 aromatic carbocycles. The Labute approximate surface area is 153 Å². The molecule has 0 aliphatic rings. The number of benzene rings is 1. The number of aliphatic imine (C=N–C) groups is 1. The van der Waals surface area contributed by atoms with Crippen LogP contribution >= 0.6 is 0 Å². The average molecular weight is 350 g/mol. The minimum absolute atomic E-state index is 0.771. The molecule has 1 aromatic rings. The summed E-state index contributed by atoms with van der Waals surface area (Å²) >= 11 is 0. The highest BCUT2D eigenvalue weighted by molar-refractivity contribution is 5.79. The van der Waals surface area contributed by atoms with E-state index in [1.54, 1.807) is 7.11 Å². The summed E-state index contributed by atoms with van der Waals surface area (Å²) in [6.45, 7) is 5.40. The number of rotatable bonds is 11. The number of guanidine groups is 1. The molecule has 0 aromatic heterocycles. The summed E-state index contributed by atoms with van der Waals surface area (Å²) in [4.78, 5) is 8.79. The highest BCUT2D eigenvalue weighted by Gasteiger charge is 2.05. The lowest BCUT2D eigenvalue weighted by atomic mass is 10.1. The quantitative estimate of drug-likeness (QED) is 0.359. The van der Waals surface area contributed by atoms with Gasteiger partial charge in [-0.2, -0.15) is 0 Å². The van der Waals surface area contributed by atoms with Gasteiger partial charge in [-0.15, -0.1) is 0 Å². The molecular formula is C19H35N5O. The molecule has 0 fully saturated rings. The number of ether oxygens (including phenoxy) is 1. The summed E-state index contributed by atoms with van der Waals surface area (Å²) < 4.78 is 5.09. The van der Waals surface area contributed by atoms with Crippen LogP contribution in [0, 0.1) is 0 Å². The Morgan fingerprint density at radius 3 is 2.44 bits per heavy atom. The Morgan fingerprint density at radius 2 is 1.80 bits per heavy atom. The lowest BCUT2D eigenvalue weighted by molar-refractivity contribution is 0.180. The molecule has 1 rings (SSSR count). The largest absolute Gasteiger partial charge is 0.385 e. The Kier molecular flexibility index (Phi) is 10.9. The summed E-state index contributed by atoms with van der Waals surface area (Å²) in [5.74, 6) is 0.838. The Bertz CT molecular complexity index is 504. The molecule has 6 heteroatoms. The van der Waals surface area contributed by atoms with Crippen LogP contribution in [0.2, 0.25) is 0 Å². The molecule has 0 bridgehead atoms. The van der Waals surface area contributed by atoms with Gasteiger partial charge in [0.25, 0.3) is 0 Å². The van der Waals surface area contributed by atoms with Gasteiger partial charge >= 0.3 is 0 Å². The molecule has 0 radical (unpaired) electrons. The maximum absolute atomic E-state index is 5.09. The maximum Gasteiger partial charge on any atom is 0.191 e. The second kappa shape index (κ2) is 12.7. The van der Waals surface area contributed by atoms with Crippen LogP contribution in [-0.2, 0) is 17.8 Å². The summed E-state index contributed by atoms with van der Waals surface area (Å²) in [5.41, 5.74) is 2.64. The van der Waals surface area contributed by atoms with Crippen molar-refractivity contribution in [2.24, 2.45) is 4.99 Å². The monoisotopic (exact) mass is 349 g/mol. The van der Waals surface area contributed by atoms with Gasteiger partial charge in [0.1, 0.15) is 0 Å². The van der Waals surface area contributed by atoms with Gasteiger partial charge in [0.2, 0.25) is 0 Å². The van der Waals surface area contributed by atoms with Crippen molar-refractivity contribution in [1.82, 2.24) is 20.4 Å². The van der Waals surface area contributed by atoms with Gasteiger partial charge in [0.15, 0.2) is 5.96 Å². The van der Waals surface area contributed by atoms with Crippen LogP contribution in [0.15, 0.2) is 29.3 Å². The lowest BCUT2D eigenvalue weighted by Crippen LogP contribution is -2.41. The van der Waals surface area contributed by atoms with Crippen molar-refractivity contribution in [2.75, 3.05) is 61.5 Å². The zero-order valence-corrected chi connectivity index (χ0v) is 16.5. The highest BCUT2D eigenvalue weighted by Crippen LogP contribution is 2.10. The highest BCUT2D eigenvalue weighted by atomic mass is 16.5. The number of likely N-dealkylation sites (N-methyl/N-ethyl adjacent to an activating group) is 1. The molecule has 0 saturated carbocycles. The van der Waals surface area contributed by atoms with Gasteiger partial charge in [-0.25, -0.2) is 0 Å². The predicted molar refractivity (Wildman–Crippen MR) is 106 cm³/mol. The fraction of sp³-hybridized carbons (Fsp3) is 0.632. The molecule has 0 heterocycles. The smallest absolute Gasteiger partial charge is 0.191 e. The van der Waals surface area contributed by atoms with Crippen molar-refractivity contribution in [3.63, 3.8) is 0 Å². The van der Waals surface area contributed by atoms with Crippen molar-refractivity contribution in [2.45, 2.75) is 19.5 Å². The predicted octanol–water partition coefficient (Wildman–Crippen LogP) is 1.38. The van der Waals surface area contributed by atoms with Crippen LogP contribution in [0.3, 0.4) is 0 Å². The van der Waals surface area contributed by atoms with E-state index < -0.39 is 0 Å². The Balaban J connectivity index is 2.37. The summed E-state index contributed by atoms with van der Waals surface area (Å²) in [6.07, 6.45) is 1.06. The number of hydrogen-bond acceptors (Lipinski definition) is 4. The van der Waals surface area contributed by atoms with Crippen LogP contribution in [0.25, 0.3) is 0 Å². The van der Waals surface area contributed by atoms with Crippen LogP contribution in [0.5, 0.6) is 0 Å². The number of nitrogens with one attached hydrogen (secondary N) is 2. The van der Waals surface area contributed by atoms with Crippen molar-refractivity contribution in [3.8, 4) is 0 Å². The van der Waals surface area contributed by atoms with Gasteiger partial charge in [-0.1, -0.05) is 24.3 Å². The van der Waals surface area contributed by atoms with E-state index in [1.807, 2.05) is 7.05 Å². The molecule has 0 atom stereocenters. The van der Waals surface area contributed by atoms with Crippen LogP contribution in [0.4, 0.5) is 0 Å². The van der Waals surface area contributed by atoms with Crippen molar-refractivity contribution >= 4 is 5.96 Å². The number of hydrogen-bond donors (Lipinski definition) is 2. The molecule has 6 nitrogen and oxygen atoms in total. The first-order chi connectivity index (χ1) is 12.1. The SMILES string of the molecule is CN=C(NCCN(C)CCCOC)NCc1ccccc1CN(C)C.